The SMILES string of the molecule is Cc1cc(C)c(NCc2ccc(C(C)C)cc2)c(C)c1. The van der Waals surface area contributed by atoms with Gasteiger partial charge in [-0.15, -0.1) is 0 Å². The molecule has 106 valence electrons. The molecule has 0 aromatic heterocycles. The van der Waals surface area contributed by atoms with Crippen LogP contribution in [0, 0.1) is 20.8 Å². The van der Waals surface area contributed by atoms with Crippen molar-refractivity contribution < 1.29 is 0 Å². The minimum absolute atomic E-state index is 0.596. The molecule has 0 radical (unpaired) electrons. The van der Waals surface area contributed by atoms with E-state index in [2.05, 4.69) is 76.3 Å². The van der Waals surface area contributed by atoms with Gasteiger partial charge in [-0.05, 0) is 48.9 Å². The number of anilines is 1. The summed E-state index contributed by atoms with van der Waals surface area (Å²) in [7, 11) is 0. The third kappa shape index (κ3) is 3.41. The van der Waals surface area contributed by atoms with Crippen molar-refractivity contribution in [3.05, 3.63) is 64.2 Å². The van der Waals surface area contributed by atoms with Crippen LogP contribution in [-0.4, -0.2) is 0 Å². The first kappa shape index (κ1) is 14.6. The maximum Gasteiger partial charge on any atom is 0.0402 e. The van der Waals surface area contributed by atoms with Crippen LogP contribution >= 0.6 is 0 Å². The molecule has 2 aromatic rings. The summed E-state index contributed by atoms with van der Waals surface area (Å²) in [6, 6.07) is 13.4. The van der Waals surface area contributed by atoms with E-state index in [0.29, 0.717) is 5.92 Å². The highest BCUT2D eigenvalue weighted by Crippen LogP contribution is 2.23. The zero-order valence-electron chi connectivity index (χ0n) is 13.2. The fourth-order valence-electron chi connectivity index (χ4n) is 2.67. The van der Waals surface area contributed by atoms with Crippen molar-refractivity contribution in [1.82, 2.24) is 0 Å². The highest BCUT2D eigenvalue weighted by Gasteiger charge is 2.04. The molecule has 2 rings (SSSR count). The fraction of sp³-hybridized carbons (Fsp3) is 0.368. The highest BCUT2D eigenvalue weighted by atomic mass is 14.9. The van der Waals surface area contributed by atoms with E-state index in [4.69, 9.17) is 0 Å². The quantitative estimate of drug-likeness (QED) is 0.787. The van der Waals surface area contributed by atoms with Crippen LogP contribution in [0.1, 0.15) is 47.6 Å². The third-order valence-corrected chi connectivity index (χ3v) is 3.79. The Morgan fingerprint density at radius 2 is 1.45 bits per heavy atom. The molecule has 0 aliphatic rings. The van der Waals surface area contributed by atoms with Gasteiger partial charge in [-0.2, -0.15) is 0 Å². The third-order valence-electron chi connectivity index (χ3n) is 3.79. The average molecular weight is 267 g/mol. The van der Waals surface area contributed by atoms with Gasteiger partial charge < -0.3 is 5.32 Å². The lowest BCUT2D eigenvalue weighted by molar-refractivity contribution is 0.865. The second-order valence-electron chi connectivity index (χ2n) is 6.02. The number of nitrogens with one attached hydrogen (secondary N) is 1. The molecule has 0 aliphatic carbocycles. The maximum absolute atomic E-state index is 3.57. The van der Waals surface area contributed by atoms with Gasteiger partial charge >= 0.3 is 0 Å². The van der Waals surface area contributed by atoms with E-state index in [-0.39, 0.29) is 0 Å². The van der Waals surface area contributed by atoms with Gasteiger partial charge in [0, 0.05) is 12.2 Å². The van der Waals surface area contributed by atoms with Gasteiger partial charge in [0.25, 0.3) is 0 Å². The van der Waals surface area contributed by atoms with Gasteiger partial charge in [-0.25, -0.2) is 0 Å². The monoisotopic (exact) mass is 267 g/mol. The Bertz CT molecular complexity index is 556. The molecule has 0 saturated carbocycles. The Morgan fingerprint density at radius 3 is 1.95 bits per heavy atom. The second-order valence-corrected chi connectivity index (χ2v) is 6.02. The molecule has 0 saturated heterocycles. The number of hydrogen-bond donors (Lipinski definition) is 1. The number of aryl methyl sites for hydroxylation is 3. The molecule has 0 bridgehead atoms. The summed E-state index contributed by atoms with van der Waals surface area (Å²) in [5.74, 6) is 0.596. The van der Waals surface area contributed by atoms with E-state index in [1.165, 1.54) is 33.5 Å². The topological polar surface area (TPSA) is 12.0 Å². The maximum atomic E-state index is 3.57. The largest absolute Gasteiger partial charge is 0.381 e. The Labute approximate surface area is 123 Å². The molecule has 0 heterocycles. The van der Waals surface area contributed by atoms with Gasteiger partial charge in [-0.3, -0.25) is 0 Å². The normalized spacial score (nSPS) is 10.9. The van der Waals surface area contributed by atoms with E-state index in [0.717, 1.165) is 6.54 Å². The lowest BCUT2D eigenvalue weighted by atomic mass is 10.0. The van der Waals surface area contributed by atoms with E-state index in [1.54, 1.807) is 0 Å². The molecule has 0 fully saturated rings. The van der Waals surface area contributed by atoms with Crippen LogP contribution < -0.4 is 5.32 Å². The number of hydrogen-bond acceptors (Lipinski definition) is 1. The van der Waals surface area contributed by atoms with Crippen LogP contribution in [-0.2, 0) is 6.54 Å². The molecule has 2 aromatic carbocycles. The van der Waals surface area contributed by atoms with Crippen molar-refractivity contribution in [2.45, 2.75) is 47.1 Å². The second kappa shape index (κ2) is 6.13. The van der Waals surface area contributed by atoms with Crippen molar-refractivity contribution in [2.24, 2.45) is 0 Å². The summed E-state index contributed by atoms with van der Waals surface area (Å²) in [6.45, 7) is 11.8. The minimum atomic E-state index is 0.596. The average Bonchev–Trinajstić information content (AvgIpc) is 2.38. The lowest BCUT2D eigenvalue weighted by Crippen LogP contribution is -2.03. The van der Waals surface area contributed by atoms with Crippen molar-refractivity contribution >= 4 is 5.69 Å². The molecular formula is C19H25N. The van der Waals surface area contributed by atoms with Crippen LogP contribution in [0.5, 0.6) is 0 Å². The van der Waals surface area contributed by atoms with Crippen LogP contribution in [0.15, 0.2) is 36.4 Å². The van der Waals surface area contributed by atoms with Gasteiger partial charge in [0.1, 0.15) is 0 Å². The Hall–Kier alpha value is -1.76. The molecule has 0 amide bonds. The van der Waals surface area contributed by atoms with Crippen LogP contribution in [0.2, 0.25) is 0 Å². The molecular weight excluding hydrogens is 242 g/mol. The zero-order valence-corrected chi connectivity index (χ0v) is 13.2. The standard InChI is InChI=1S/C19H25N/c1-13(2)18-8-6-17(7-9-18)12-20-19-15(4)10-14(3)11-16(19)5/h6-11,13,20H,12H2,1-5H3. The summed E-state index contributed by atoms with van der Waals surface area (Å²) in [6.07, 6.45) is 0. The number of benzene rings is 2. The van der Waals surface area contributed by atoms with Crippen molar-refractivity contribution in [3.8, 4) is 0 Å². The van der Waals surface area contributed by atoms with E-state index in [1.807, 2.05) is 0 Å². The summed E-state index contributed by atoms with van der Waals surface area (Å²) in [5, 5.41) is 3.57. The summed E-state index contributed by atoms with van der Waals surface area (Å²) >= 11 is 0. The van der Waals surface area contributed by atoms with Gasteiger partial charge in [0.2, 0.25) is 0 Å². The summed E-state index contributed by atoms with van der Waals surface area (Å²) in [5.41, 5.74) is 7.96. The molecule has 1 heteroatoms. The molecule has 1 N–H and O–H groups in total. The Morgan fingerprint density at radius 1 is 0.900 bits per heavy atom. The predicted octanol–water partition coefficient (Wildman–Crippen LogP) is 5.35. The molecule has 0 aliphatic heterocycles. The fourth-order valence-corrected chi connectivity index (χ4v) is 2.67. The van der Waals surface area contributed by atoms with Crippen LogP contribution in [0.4, 0.5) is 5.69 Å². The lowest BCUT2D eigenvalue weighted by Gasteiger charge is -2.14. The van der Waals surface area contributed by atoms with E-state index < -0.39 is 0 Å². The van der Waals surface area contributed by atoms with Crippen molar-refractivity contribution in [1.29, 1.82) is 0 Å². The predicted molar refractivity (Wildman–Crippen MR) is 88.5 cm³/mol. The minimum Gasteiger partial charge on any atom is -0.381 e. The summed E-state index contributed by atoms with van der Waals surface area (Å²) < 4.78 is 0. The van der Waals surface area contributed by atoms with Crippen LogP contribution in [0.3, 0.4) is 0 Å². The molecule has 0 unspecified atom stereocenters. The van der Waals surface area contributed by atoms with Crippen molar-refractivity contribution in [2.75, 3.05) is 5.32 Å². The smallest absolute Gasteiger partial charge is 0.0402 e. The molecule has 20 heavy (non-hydrogen) atoms. The summed E-state index contributed by atoms with van der Waals surface area (Å²) in [4.78, 5) is 0. The Kier molecular flexibility index (Phi) is 4.49. The molecule has 0 atom stereocenters. The Balaban J connectivity index is 2.09. The van der Waals surface area contributed by atoms with Gasteiger partial charge in [0.15, 0.2) is 0 Å². The van der Waals surface area contributed by atoms with Crippen molar-refractivity contribution in [3.63, 3.8) is 0 Å². The first-order valence-corrected chi connectivity index (χ1v) is 7.38. The van der Waals surface area contributed by atoms with Crippen LogP contribution in [0.25, 0.3) is 0 Å². The van der Waals surface area contributed by atoms with E-state index >= 15 is 0 Å². The first-order chi connectivity index (χ1) is 9.47. The van der Waals surface area contributed by atoms with Gasteiger partial charge in [0.05, 0.1) is 0 Å². The first-order valence-electron chi connectivity index (χ1n) is 7.38. The highest BCUT2D eigenvalue weighted by molar-refractivity contribution is 5.58. The number of rotatable bonds is 4. The van der Waals surface area contributed by atoms with E-state index in [9.17, 15) is 0 Å². The molecule has 1 nitrogen and oxygen atoms in total. The molecule has 0 spiro atoms. The zero-order chi connectivity index (χ0) is 14.7. The van der Waals surface area contributed by atoms with Gasteiger partial charge in [-0.1, -0.05) is 55.8 Å².